The molecular weight excluding hydrogens is 363 g/mol. The molecular formula is C21H17FN2O2S. The molecule has 6 heteroatoms. The van der Waals surface area contributed by atoms with Crippen molar-refractivity contribution < 1.29 is 13.9 Å². The molecule has 27 heavy (non-hydrogen) atoms. The maximum atomic E-state index is 14.2. The van der Waals surface area contributed by atoms with Crippen LogP contribution in [0.15, 0.2) is 78.0 Å². The lowest BCUT2D eigenvalue weighted by molar-refractivity contribution is -0.111. The molecule has 0 saturated heterocycles. The predicted molar refractivity (Wildman–Crippen MR) is 107 cm³/mol. The molecule has 1 N–H and O–H groups in total. The minimum atomic E-state index is -0.519. The number of aromatic nitrogens is 1. The van der Waals surface area contributed by atoms with Crippen LogP contribution in [-0.4, -0.2) is 17.1 Å². The van der Waals surface area contributed by atoms with Crippen molar-refractivity contribution in [2.24, 2.45) is 0 Å². The fourth-order valence-corrected chi connectivity index (χ4v) is 2.68. The lowest BCUT2D eigenvalue weighted by Gasteiger charge is -2.06. The maximum Gasteiger partial charge on any atom is 0.248 e. The first-order valence-electron chi connectivity index (χ1n) is 8.14. The summed E-state index contributed by atoms with van der Waals surface area (Å²) in [5.74, 6) is -0.262. The van der Waals surface area contributed by atoms with E-state index in [0.29, 0.717) is 17.0 Å². The third-order valence-corrected chi connectivity index (χ3v) is 4.35. The molecule has 0 atom stereocenters. The molecule has 2 aromatic carbocycles. The summed E-state index contributed by atoms with van der Waals surface area (Å²) in [5.41, 5.74) is 1.26. The normalized spacial score (nSPS) is 10.7. The summed E-state index contributed by atoms with van der Waals surface area (Å²) in [4.78, 5) is 17.0. The van der Waals surface area contributed by atoms with Crippen molar-refractivity contribution >= 4 is 29.4 Å². The molecule has 3 rings (SSSR count). The second-order valence-corrected chi connectivity index (χ2v) is 6.41. The maximum absolute atomic E-state index is 14.2. The lowest BCUT2D eigenvalue weighted by atomic mass is 10.2. The lowest BCUT2D eigenvalue weighted by Crippen LogP contribution is -2.07. The Balaban J connectivity index is 1.62. The van der Waals surface area contributed by atoms with Crippen molar-refractivity contribution in [2.75, 3.05) is 11.6 Å². The van der Waals surface area contributed by atoms with Crippen LogP contribution in [0.5, 0.6) is 11.5 Å². The number of hydrogen-bond donors (Lipinski definition) is 1. The quantitative estimate of drug-likeness (QED) is 0.460. The summed E-state index contributed by atoms with van der Waals surface area (Å²) >= 11 is 1.63. The standard InChI is InChI=1S/C21H17FN2O2S/c1-27-18-8-6-16(7-9-18)24-21(25)11-5-15-4-10-20(19(22)13-15)26-17-3-2-12-23-14-17/h2-14H,1H3,(H,24,25)/b11-5+. The number of nitrogens with zero attached hydrogens (tertiary/aromatic N) is 1. The third kappa shape index (κ3) is 5.43. The fraction of sp³-hybridized carbons (Fsp3) is 0.0476. The molecule has 1 amide bonds. The minimum Gasteiger partial charge on any atom is -0.453 e. The van der Waals surface area contributed by atoms with Gasteiger partial charge in [0.2, 0.25) is 5.91 Å². The second-order valence-electron chi connectivity index (χ2n) is 5.53. The Morgan fingerprint density at radius 2 is 2.00 bits per heavy atom. The molecule has 0 unspecified atom stereocenters. The van der Waals surface area contributed by atoms with Crippen molar-refractivity contribution in [3.8, 4) is 11.5 Å². The van der Waals surface area contributed by atoms with Crippen molar-refractivity contribution in [2.45, 2.75) is 4.90 Å². The van der Waals surface area contributed by atoms with Crippen LogP contribution in [0.3, 0.4) is 0 Å². The highest BCUT2D eigenvalue weighted by molar-refractivity contribution is 7.98. The van der Waals surface area contributed by atoms with Crippen molar-refractivity contribution in [1.82, 2.24) is 4.98 Å². The van der Waals surface area contributed by atoms with E-state index in [1.54, 1.807) is 42.2 Å². The summed E-state index contributed by atoms with van der Waals surface area (Å²) in [7, 11) is 0. The molecule has 3 aromatic rings. The summed E-state index contributed by atoms with van der Waals surface area (Å²) in [6.45, 7) is 0. The number of ether oxygens (including phenoxy) is 1. The first kappa shape index (κ1) is 18.7. The zero-order valence-corrected chi connectivity index (χ0v) is 15.4. The first-order valence-corrected chi connectivity index (χ1v) is 9.37. The molecule has 4 nitrogen and oxygen atoms in total. The molecule has 1 aromatic heterocycles. The Hall–Kier alpha value is -3.12. The van der Waals surface area contributed by atoms with Gasteiger partial charge in [-0.15, -0.1) is 11.8 Å². The fourth-order valence-electron chi connectivity index (χ4n) is 2.27. The van der Waals surface area contributed by atoms with Crippen LogP contribution in [0.4, 0.5) is 10.1 Å². The molecule has 0 radical (unpaired) electrons. The molecule has 1 heterocycles. The van der Waals surface area contributed by atoms with E-state index in [0.717, 1.165) is 4.90 Å². The average Bonchev–Trinajstić information content (AvgIpc) is 2.70. The second kappa shape index (κ2) is 9.00. The van der Waals surface area contributed by atoms with Crippen molar-refractivity contribution in [1.29, 1.82) is 0 Å². The van der Waals surface area contributed by atoms with E-state index in [2.05, 4.69) is 10.3 Å². The predicted octanol–water partition coefficient (Wildman–Crippen LogP) is 5.39. The number of rotatable bonds is 6. The SMILES string of the molecule is CSc1ccc(NC(=O)/C=C/c2ccc(Oc3cccnc3)c(F)c2)cc1. The van der Waals surface area contributed by atoms with Gasteiger partial charge in [0.1, 0.15) is 5.75 Å². The average molecular weight is 380 g/mol. The van der Waals surface area contributed by atoms with E-state index in [9.17, 15) is 9.18 Å². The van der Waals surface area contributed by atoms with Gasteiger partial charge in [-0.1, -0.05) is 6.07 Å². The first-order chi connectivity index (χ1) is 13.1. The molecule has 0 saturated carbocycles. The number of carbonyl (C=O) groups is 1. The van der Waals surface area contributed by atoms with Gasteiger partial charge in [-0.05, 0) is 66.4 Å². The minimum absolute atomic E-state index is 0.0958. The highest BCUT2D eigenvalue weighted by Gasteiger charge is 2.06. The Morgan fingerprint density at radius 1 is 1.19 bits per heavy atom. The highest BCUT2D eigenvalue weighted by atomic mass is 32.2. The van der Waals surface area contributed by atoms with E-state index >= 15 is 0 Å². The van der Waals surface area contributed by atoms with E-state index in [4.69, 9.17) is 4.74 Å². The van der Waals surface area contributed by atoms with Gasteiger partial charge in [-0.3, -0.25) is 9.78 Å². The molecule has 0 aliphatic carbocycles. The van der Waals surface area contributed by atoms with Crippen molar-refractivity contribution in [3.63, 3.8) is 0 Å². The number of anilines is 1. The zero-order chi connectivity index (χ0) is 19.1. The van der Waals surface area contributed by atoms with Crippen LogP contribution >= 0.6 is 11.8 Å². The number of nitrogens with one attached hydrogen (secondary N) is 1. The molecule has 0 aliphatic rings. The monoisotopic (exact) mass is 380 g/mol. The number of benzene rings is 2. The van der Waals surface area contributed by atoms with Crippen LogP contribution in [0.2, 0.25) is 0 Å². The van der Waals surface area contributed by atoms with Gasteiger partial charge in [0, 0.05) is 22.9 Å². The van der Waals surface area contributed by atoms with Gasteiger partial charge < -0.3 is 10.1 Å². The molecule has 0 spiro atoms. The number of thioether (sulfide) groups is 1. The van der Waals surface area contributed by atoms with Gasteiger partial charge >= 0.3 is 0 Å². The van der Waals surface area contributed by atoms with Crippen molar-refractivity contribution in [3.05, 3.63) is 84.4 Å². The smallest absolute Gasteiger partial charge is 0.248 e. The van der Waals surface area contributed by atoms with E-state index < -0.39 is 5.82 Å². The van der Waals surface area contributed by atoms with E-state index in [-0.39, 0.29) is 11.7 Å². The molecule has 0 bridgehead atoms. The van der Waals surface area contributed by atoms with Crippen LogP contribution in [0.1, 0.15) is 5.56 Å². The highest BCUT2D eigenvalue weighted by Crippen LogP contribution is 2.25. The Bertz CT molecular complexity index is 944. The molecule has 0 fully saturated rings. The van der Waals surface area contributed by atoms with E-state index in [1.165, 1.54) is 24.4 Å². The summed E-state index contributed by atoms with van der Waals surface area (Å²) in [6.07, 6.45) is 8.01. The van der Waals surface area contributed by atoms with Gasteiger partial charge in [-0.2, -0.15) is 0 Å². The Labute approximate surface area is 161 Å². The molecule has 136 valence electrons. The van der Waals surface area contributed by atoms with Crippen LogP contribution < -0.4 is 10.1 Å². The number of amides is 1. The molecule has 0 aliphatic heterocycles. The number of hydrogen-bond acceptors (Lipinski definition) is 4. The summed E-state index contributed by atoms with van der Waals surface area (Å²) in [6, 6.07) is 15.4. The third-order valence-electron chi connectivity index (χ3n) is 3.60. The van der Waals surface area contributed by atoms with Gasteiger partial charge in [0.15, 0.2) is 11.6 Å². The summed E-state index contributed by atoms with van der Waals surface area (Å²) < 4.78 is 19.6. The zero-order valence-electron chi connectivity index (χ0n) is 14.6. The van der Waals surface area contributed by atoms with Crippen LogP contribution in [0, 0.1) is 5.82 Å². The number of carbonyl (C=O) groups excluding carboxylic acids is 1. The van der Waals surface area contributed by atoms with Gasteiger partial charge in [-0.25, -0.2) is 4.39 Å². The van der Waals surface area contributed by atoms with Crippen LogP contribution in [0.25, 0.3) is 6.08 Å². The number of halogens is 1. The largest absolute Gasteiger partial charge is 0.453 e. The Kier molecular flexibility index (Phi) is 6.22. The topological polar surface area (TPSA) is 51.2 Å². The summed E-state index contributed by atoms with van der Waals surface area (Å²) in [5, 5.41) is 2.76. The Morgan fingerprint density at radius 3 is 2.67 bits per heavy atom. The van der Waals surface area contributed by atoms with Gasteiger partial charge in [0.25, 0.3) is 0 Å². The van der Waals surface area contributed by atoms with Crippen LogP contribution in [-0.2, 0) is 4.79 Å². The van der Waals surface area contributed by atoms with E-state index in [1.807, 2.05) is 30.5 Å². The number of pyridine rings is 1. The van der Waals surface area contributed by atoms with Gasteiger partial charge in [0.05, 0.1) is 6.20 Å².